The van der Waals surface area contributed by atoms with Gasteiger partial charge in [0.05, 0.1) is 5.69 Å². The first-order valence-electron chi connectivity index (χ1n) is 7.51. The Bertz CT molecular complexity index is 449. The van der Waals surface area contributed by atoms with E-state index in [1.165, 1.54) is 0 Å². The SMILES string of the molecule is CCNC(C)c1cccc(F)c1N1CCN(C)CC1C. The fourth-order valence-electron chi connectivity index (χ4n) is 3.07. The Morgan fingerprint density at radius 1 is 1.40 bits per heavy atom. The van der Waals surface area contributed by atoms with Gasteiger partial charge >= 0.3 is 0 Å². The molecule has 0 aliphatic carbocycles. The number of likely N-dealkylation sites (N-methyl/N-ethyl adjacent to an activating group) is 1. The van der Waals surface area contributed by atoms with E-state index in [4.69, 9.17) is 0 Å². The molecular weight excluding hydrogens is 253 g/mol. The van der Waals surface area contributed by atoms with Crippen LogP contribution < -0.4 is 10.2 Å². The zero-order valence-corrected chi connectivity index (χ0v) is 13.0. The van der Waals surface area contributed by atoms with E-state index in [1.807, 2.05) is 12.1 Å². The minimum atomic E-state index is -0.108. The number of anilines is 1. The number of para-hydroxylation sites is 1. The Balaban J connectivity index is 2.34. The maximum absolute atomic E-state index is 14.4. The predicted molar refractivity (Wildman–Crippen MR) is 82.8 cm³/mol. The van der Waals surface area contributed by atoms with Crippen LogP contribution in [0.25, 0.3) is 0 Å². The lowest BCUT2D eigenvalue weighted by molar-refractivity contribution is 0.274. The van der Waals surface area contributed by atoms with Crippen LogP contribution in [0.5, 0.6) is 0 Å². The molecule has 4 heteroatoms. The van der Waals surface area contributed by atoms with Crippen molar-refractivity contribution in [3.8, 4) is 0 Å². The first-order valence-corrected chi connectivity index (χ1v) is 7.51. The van der Waals surface area contributed by atoms with Crippen molar-refractivity contribution < 1.29 is 4.39 Å². The van der Waals surface area contributed by atoms with Crippen LogP contribution in [0.3, 0.4) is 0 Å². The molecule has 2 atom stereocenters. The van der Waals surface area contributed by atoms with Gasteiger partial charge in [0.2, 0.25) is 0 Å². The molecule has 1 N–H and O–H groups in total. The molecule has 3 nitrogen and oxygen atoms in total. The summed E-state index contributed by atoms with van der Waals surface area (Å²) in [5, 5.41) is 3.39. The van der Waals surface area contributed by atoms with Gasteiger partial charge in [-0.15, -0.1) is 0 Å². The van der Waals surface area contributed by atoms with Crippen molar-refractivity contribution in [1.82, 2.24) is 10.2 Å². The number of hydrogen-bond donors (Lipinski definition) is 1. The normalized spacial score (nSPS) is 22.1. The fourth-order valence-corrected chi connectivity index (χ4v) is 3.07. The topological polar surface area (TPSA) is 18.5 Å². The number of benzene rings is 1. The summed E-state index contributed by atoms with van der Waals surface area (Å²) in [4.78, 5) is 4.52. The first-order chi connectivity index (χ1) is 9.54. The van der Waals surface area contributed by atoms with Gasteiger partial charge in [-0.2, -0.15) is 0 Å². The van der Waals surface area contributed by atoms with E-state index < -0.39 is 0 Å². The van der Waals surface area contributed by atoms with E-state index in [1.54, 1.807) is 6.07 Å². The largest absolute Gasteiger partial charge is 0.364 e. The van der Waals surface area contributed by atoms with Gasteiger partial charge in [-0.3, -0.25) is 0 Å². The standard InChI is InChI=1S/C16H26FN3/c1-5-18-13(3)14-7-6-8-15(17)16(14)20-10-9-19(4)11-12(20)2/h6-8,12-13,18H,5,9-11H2,1-4H3. The summed E-state index contributed by atoms with van der Waals surface area (Å²) in [5.74, 6) is -0.108. The van der Waals surface area contributed by atoms with Crippen LogP contribution in [0.4, 0.5) is 10.1 Å². The average molecular weight is 279 g/mol. The van der Waals surface area contributed by atoms with Crippen LogP contribution in [0.2, 0.25) is 0 Å². The van der Waals surface area contributed by atoms with Crippen LogP contribution in [0, 0.1) is 5.82 Å². The van der Waals surface area contributed by atoms with Crippen LogP contribution in [0.1, 0.15) is 32.4 Å². The summed E-state index contributed by atoms with van der Waals surface area (Å²) >= 11 is 0. The van der Waals surface area contributed by atoms with Gasteiger partial charge in [-0.05, 0) is 39.1 Å². The highest BCUT2D eigenvalue weighted by atomic mass is 19.1. The smallest absolute Gasteiger partial charge is 0.146 e. The predicted octanol–water partition coefficient (Wildman–Crippen LogP) is 2.64. The molecule has 1 aromatic rings. The lowest BCUT2D eigenvalue weighted by Gasteiger charge is -2.41. The molecule has 1 aliphatic rings. The minimum Gasteiger partial charge on any atom is -0.364 e. The van der Waals surface area contributed by atoms with Gasteiger partial charge in [-0.1, -0.05) is 19.1 Å². The molecule has 20 heavy (non-hydrogen) atoms. The number of piperazine rings is 1. The Morgan fingerprint density at radius 3 is 2.80 bits per heavy atom. The maximum atomic E-state index is 14.4. The summed E-state index contributed by atoms with van der Waals surface area (Å²) in [5.41, 5.74) is 1.84. The van der Waals surface area contributed by atoms with Crippen molar-refractivity contribution in [2.75, 3.05) is 38.1 Å². The summed E-state index contributed by atoms with van der Waals surface area (Å²) in [7, 11) is 2.12. The zero-order chi connectivity index (χ0) is 14.7. The molecule has 1 aromatic carbocycles. The molecule has 112 valence electrons. The number of hydrogen-bond acceptors (Lipinski definition) is 3. The van der Waals surface area contributed by atoms with E-state index in [0.29, 0.717) is 6.04 Å². The molecular formula is C16H26FN3. The van der Waals surface area contributed by atoms with E-state index >= 15 is 0 Å². The molecule has 1 fully saturated rings. The average Bonchev–Trinajstić information content (AvgIpc) is 2.40. The van der Waals surface area contributed by atoms with Gasteiger partial charge in [0.15, 0.2) is 0 Å². The molecule has 0 amide bonds. The third-order valence-corrected chi connectivity index (χ3v) is 4.11. The number of nitrogens with one attached hydrogen (secondary N) is 1. The second-order valence-electron chi connectivity index (χ2n) is 5.76. The molecule has 0 radical (unpaired) electrons. The Hall–Kier alpha value is -1.13. The molecule has 1 aliphatic heterocycles. The van der Waals surface area contributed by atoms with Crippen LogP contribution in [-0.4, -0.2) is 44.2 Å². The second-order valence-corrected chi connectivity index (χ2v) is 5.76. The lowest BCUT2D eigenvalue weighted by Crippen LogP contribution is -2.51. The lowest BCUT2D eigenvalue weighted by atomic mass is 10.0. The van der Waals surface area contributed by atoms with Crippen molar-refractivity contribution in [3.63, 3.8) is 0 Å². The van der Waals surface area contributed by atoms with Gasteiger partial charge in [0.1, 0.15) is 5.82 Å². The quantitative estimate of drug-likeness (QED) is 0.914. The molecule has 0 saturated carbocycles. The summed E-state index contributed by atoms with van der Waals surface area (Å²) in [6, 6.07) is 5.91. The summed E-state index contributed by atoms with van der Waals surface area (Å²) < 4.78 is 14.4. The number of nitrogens with zero attached hydrogens (tertiary/aromatic N) is 2. The van der Waals surface area contributed by atoms with Crippen LogP contribution in [0.15, 0.2) is 18.2 Å². The molecule has 1 saturated heterocycles. The number of rotatable bonds is 4. The molecule has 2 rings (SSSR count). The number of halogens is 1. The van der Waals surface area contributed by atoms with Crippen LogP contribution in [-0.2, 0) is 0 Å². The minimum absolute atomic E-state index is 0.108. The van der Waals surface area contributed by atoms with Crippen molar-refractivity contribution in [2.24, 2.45) is 0 Å². The third-order valence-electron chi connectivity index (χ3n) is 4.11. The third kappa shape index (κ3) is 3.13. The highest BCUT2D eigenvalue weighted by Crippen LogP contribution is 2.31. The van der Waals surface area contributed by atoms with Crippen LogP contribution >= 0.6 is 0 Å². The van der Waals surface area contributed by atoms with E-state index in [9.17, 15) is 4.39 Å². The van der Waals surface area contributed by atoms with E-state index in [-0.39, 0.29) is 11.9 Å². The summed E-state index contributed by atoms with van der Waals surface area (Å²) in [6.45, 7) is 10.1. The van der Waals surface area contributed by atoms with E-state index in [0.717, 1.165) is 37.4 Å². The molecule has 2 unspecified atom stereocenters. The van der Waals surface area contributed by atoms with Gasteiger partial charge in [-0.25, -0.2) is 4.39 Å². The van der Waals surface area contributed by atoms with Gasteiger partial charge < -0.3 is 15.1 Å². The van der Waals surface area contributed by atoms with E-state index in [2.05, 4.69) is 42.9 Å². The Kier molecular flexibility index (Phi) is 5.00. The first kappa shape index (κ1) is 15.3. The highest BCUT2D eigenvalue weighted by Gasteiger charge is 2.27. The monoisotopic (exact) mass is 279 g/mol. The molecule has 0 bridgehead atoms. The Morgan fingerprint density at radius 2 is 2.15 bits per heavy atom. The van der Waals surface area contributed by atoms with Crippen molar-refractivity contribution in [2.45, 2.75) is 32.9 Å². The van der Waals surface area contributed by atoms with Crippen molar-refractivity contribution in [1.29, 1.82) is 0 Å². The molecule has 1 heterocycles. The molecule has 0 spiro atoms. The highest BCUT2D eigenvalue weighted by molar-refractivity contribution is 5.57. The van der Waals surface area contributed by atoms with Crippen molar-refractivity contribution in [3.05, 3.63) is 29.6 Å². The van der Waals surface area contributed by atoms with Gasteiger partial charge in [0, 0.05) is 31.7 Å². The zero-order valence-electron chi connectivity index (χ0n) is 13.0. The summed E-state index contributed by atoms with van der Waals surface area (Å²) in [6.07, 6.45) is 0. The fraction of sp³-hybridized carbons (Fsp3) is 0.625. The van der Waals surface area contributed by atoms with Crippen molar-refractivity contribution >= 4 is 5.69 Å². The molecule has 0 aromatic heterocycles. The Labute approximate surface area is 121 Å². The maximum Gasteiger partial charge on any atom is 0.146 e. The van der Waals surface area contributed by atoms with Gasteiger partial charge in [0.25, 0.3) is 0 Å². The second kappa shape index (κ2) is 6.55.